The highest BCUT2D eigenvalue weighted by Crippen LogP contribution is 2.67. The maximum Gasteiger partial charge on any atom is 0.320 e. The average Bonchev–Trinajstić information content (AvgIpc) is 2.86. The zero-order valence-corrected chi connectivity index (χ0v) is 16.9. The molecule has 1 aliphatic heterocycles. The molecule has 4 fully saturated rings. The minimum absolute atomic E-state index is 0.0151. The Kier molecular flexibility index (Phi) is 4.53. The predicted octanol–water partition coefficient (Wildman–Crippen LogP) is 1.61. The lowest BCUT2D eigenvalue weighted by molar-refractivity contribution is -0.229. The van der Waals surface area contributed by atoms with Gasteiger partial charge in [-0.1, -0.05) is 19.9 Å². The normalized spacial score (nSPS) is 46.2. The number of fused-ring (bicyclic) bond motifs is 2. The Balaban J connectivity index is 1.83. The van der Waals surface area contributed by atoms with Gasteiger partial charge in [-0.25, -0.2) is 0 Å². The van der Waals surface area contributed by atoms with Crippen LogP contribution in [0.25, 0.3) is 0 Å². The first-order valence-electron chi connectivity index (χ1n) is 10.3. The monoisotopic (exact) mass is 404 g/mol. The number of hydrogen-bond donors (Lipinski definition) is 1. The number of hydrogen-bond acceptors (Lipinski definition) is 7. The summed E-state index contributed by atoms with van der Waals surface area (Å²) >= 11 is 0. The van der Waals surface area contributed by atoms with E-state index in [1.807, 2.05) is 6.92 Å². The van der Waals surface area contributed by atoms with E-state index >= 15 is 0 Å². The Labute approximate surface area is 169 Å². The van der Waals surface area contributed by atoms with Crippen molar-refractivity contribution in [2.45, 2.75) is 52.1 Å². The molecular weight excluding hydrogens is 376 g/mol. The summed E-state index contributed by atoms with van der Waals surface area (Å²) in [4.78, 5) is 50.0. The van der Waals surface area contributed by atoms with Gasteiger partial charge in [-0.15, -0.1) is 0 Å². The van der Waals surface area contributed by atoms with Crippen LogP contribution in [0.1, 0.15) is 46.0 Å². The van der Waals surface area contributed by atoms with Gasteiger partial charge in [0, 0.05) is 29.6 Å². The van der Waals surface area contributed by atoms with Crippen molar-refractivity contribution >= 4 is 24.0 Å². The number of rotatable bonds is 3. The molecule has 7 atom stereocenters. The summed E-state index contributed by atoms with van der Waals surface area (Å²) in [5, 5.41) is 11.2. The van der Waals surface area contributed by atoms with Gasteiger partial charge in [0.15, 0.2) is 5.78 Å². The van der Waals surface area contributed by atoms with Crippen LogP contribution >= 0.6 is 0 Å². The van der Waals surface area contributed by atoms with Crippen LogP contribution in [0.2, 0.25) is 0 Å². The zero-order chi connectivity index (χ0) is 21.2. The van der Waals surface area contributed by atoms with Gasteiger partial charge in [-0.3, -0.25) is 14.4 Å². The fourth-order valence-corrected chi connectivity index (χ4v) is 6.99. The molecule has 4 aliphatic rings. The fourth-order valence-electron chi connectivity index (χ4n) is 6.99. The summed E-state index contributed by atoms with van der Waals surface area (Å²) in [6.07, 6.45) is 2.55. The van der Waals surface area contributed by atoms with Gasteiger partial charge in [-0.05, 0) is 37.2 Å². The van der Waals surface area contributed by atoms with Crippen LogP contribution < -0.4 is 0 Å². The summed E-state index contributed by atoms with van der Waals surface area (Å²) < 4.78 is 10.9. The van der Waals surface area contributed by atoms with E-state index in [-0.39, 0.29) is 24.9 Å². The SMILES string of the molecule is C=C1C(=O)[C@@]23C[C@@H]1C[C@@H](O)[C@@H]2[C@]1(CCC[C@](C)(COC(C)=O)[C@H]1C=O)COC3=O. The van der Waals surface area contributed by atoms with Crippen LogP contribution in [0.3, 0.4) is 0 Å². The second-order valence-electron chi connectivity index (χ2n) is 9.72. The van der Waals surface area contributed by atoms with E-state index in [0.717, 1.165) is 12.7 Å². The van der Waals surface area contributed by atoms with E-state index in [2.05, 4.69) is 6.58 Å². The summed E-state index contributed by atoms with van der Waals surface area (Å²) in [7, 11) is 0. The molecule has 2 spiro atoms. The highest BCUT2D eigenvalue weighted by Gasteiger charge is 2.74. The third-order valence-electron chi connectivity index (χ3n) is 8.16. The molecule has 7 heteroatoms. The first-order chi connectivity index (χ1) is 13.6. The standard InChI is InChI=1S/C22H28O7/c1-12-14-7-15(25)17-21(11-29-19(27)22(17,8-14)18(12)26)6-4-5-20(3,16(21)9-23)10-28-13(2)24/h9,14-17,25H,1,4-8,10-11H2,2-3H3/t14-,15+,16+,17+,20+,21+,22+/m0/s1. The molecule has 1 saturated heterocycles. The van der Waals surface area contributed by atoms with Crippen LogP contribution in [-0.4, -0.2) is 48.4 Å². The van der Waals surface area contributed by atoms with Crippen molar-refractivity contribution in [2.24, 2.45) is 34.0 Å². The van der Waals surface area contributed by atoms with Crippen LogP contribution in [-0.2, 0) is 28.7 Å². The highest BCUT2D eigenvalue weighted by molar-refractivity contribution is 6.15. The highest BCUT2D eigenvalue weighted by atomic mass is 16.5. The van der Waals surface area contributed by atoms with E-state index in [1.54, 1.807) is 0 Å². The third-order valence-corrected chi connectivity index (χ3v) is 8.16. The molecule has 7 nitrogen and oxygen atoms in total. The molecule has 158 valence electrons. The van der Waals surface area contributed by atoms with Gasteiger partial charge in [0.05, 0.1) is 19.3 Å². The molecule has 0 aromatic rings. The van der Waals surface area contributed by atoms with E-state index in [4.69, 9.17) is 9.47 Å². The number of carbonyl (C=O) groups is 4. The van der Waals surface area contributed by atoms with Crippen molar-refractivity contribution < 1.29 is 33.8 Å². The summed E-state index contributed by atoms with van der Waals surface area (Å²) in [6, 6.07) is 0. The molecule has 29 heavy (non-hydrogen) atoms. The van der Waals surface area contributed by atoms with Gasteiger partial charge < -0.3 is 19.4 Å². The molecule has 0 radical (unpaired) electrons. The van der Waals surface area contributed by atoms with E-state index in [0.29, 0.717) is 31.3 Å². The number of Topliss-reactive ketones (excluding diaryl/α,β-unsaturated/α-hetero) is 1. The maximum absolute atomic E-state index is 13.2. The maximum atomic E-state index is 13.2. The molecule has 1 N–H and O–H groups in total. The van der Waals surface area contributed by atoms with E-state index in [1.165, 1.54) is 6.92 Å². The first-order valence-corrected chi connectivity index (χ1v) is 10.3. The molecule has 1 heterocycles. The number of cyclic esters (lactones) is 1. The number of allylic oxidation sites excluding steroid dienone is 1. The van der Waals surface area contributed by atoms with Crippen molar-refractivity contribution in [3.05, 3.63) is 12.2 Å². The van der Waals surface area contributed by atoms with Gasteiger partial charge in [0.1, 0.15) is 11.7 Å². The van der Waals surface area contributed by atoms with Gasteiger partial charge in [0.25, 0.3) is 0 Å². The summed E-state index contributed by atoms with van der Waals surface area (Å²) in [6.45, 7) is 7.16. The number of esters is 2. The molecule has 3 aliphatic carbocycles. The zero-order valence-electron chi connectivity index (χ0n) is 16.9. The topological polar surface area (TPSA) is 107 Å². The molecule has 0 aromatic heterocycles. The van der Waals surface area contributed by atoms with Gasteiger partial charge in [-0.2, -0.15) is 0 Å². The molecular formula is C22H28O7. The molecule has 0 aromatic carbocycles. The van der Waals surface area contributed by atoms with E-state index < -0.39 is 46.1 Å². The second kappa shape index (κ2) is 6.49. The minimum atomic E-state index is -1.46. The smallest absolute Gasteiger partial charge is 0.320 e. The van der Waals surface area contributed by atoms with Crippen molar-refractivity contribution in [1.82, 2.24) is 0 Å². The number of aliphatic hydroxyl groups is 1. The van der Waals surface area contributed by atoms with Crippen molar-refractivity contribution in [2.75, 3.05) is 13.2 Å². The summed E-state index contributed by atoms with van der Waals surface area (Å²) in [5.41, 5.74) is -2.61. The number of ketones is 1. The van der Waals surface area contributed by atoms with Crippen LogP contribution in [0.5, 0.6) is 0 Å². The van der Waals surface area contributed by atoms with Crippen molar-refractivity contribution in [3.8, 4) is 0 Å². The predicted molar refractivity (Wildman–Crippen MR) is 100 cm³/mol. The number of aliphatic hydroxyl groups excluding tert-OH is 1. The van der Waals surface area contributed by atoms with Crippen LogP contribution in [0, 0.1) is 34.0 Å². The fraction of sp³-hybridized carbons (Fsp3) is 0.727. The Morgan fingerprint density at radius 1 is 1.38 bits per heavy atom. The number of carbonyl (C=O) groups excluding carboxylic acids is 4. The lowest BCUT2D eigenvalue weighted by Crippen LogP contribution is -2.67. The molecule has 0 amide bonds. The second-order valence-corrected chi connectivity index (χ2v) is 9.72. The largest absolute Gasteiger partial charge is 0.465 e. The molecule has 2 bridgehead atoms. The van der Waals surface area contributed by atoms with Gasteiger partial charge in [0.2, 0.25) is 0 Å². The van der Waals surface area contributed by atoms with Crippen LogP contribution in [0.15, 0.2) is 12.2 Å². The van der Waals surface area contributed by atoms with Crippen molar-refractivity contribution in [3.63, 3.8) is 0 Å². The minimum Gasteiger partial charge on any atom is -0.465 e. The third kappa shape index (κ3) is 2.52. The Morgan fingerprint density at radius 3 is 2.76 bits per heavy atom. The quantitative estimate of drug-likeness (QED) is 0.330. The lowest BCUT2D eigenvalue weighted by Gasteiger charge is -2.61. The number of aldehydes is 1. The first kappa shape index (κ1) is 20.3. The number of ether oxygens (including phenoxy) is 2. The molecule has 4 rings (SSSR count). The van der Waals surface area contributed by atoms with Crippen molar-refractivity contribution in [1.29, 1.82) is 0 Å². The Morgan fingerprint density at radius 2 is 2.10 bits per heavy atom. The average molecular weight is 404 g/mol. The lowest BCUT2D eigenvalue weighted by atomic mass is 9.44. The molecule has 3 saturated carbocycles. The van der Waals surface area contributed by atoms with Crippen LogP contribution in [0.4, 0.5) is 0 Å². The Bertz CT molecular complexity index is 803. The van der Waals surface area contributed by atoms with Gasteiger partial charge >= 0.3 is 11.9 Å². The Hall–Kier alpha value is -2.02. The molecule has 0 unspecified atom stereocenters. The van der Waals surface area contributed by atoms with E-state index in [9.17, 15) is 24.3 Å². The summed E-state index contributed by atoms with van der Waals surface area (Å²) in [5.74, 6) is -2.92.